The number of nitrogen functional groups attached to an aromatic ring is 1. The van der Waals surface area contributed by atoms with Crippen LogP contribution < -0.4 is 5.73 Å². The highest BCUT2D eigenvalue weighted by atomic mass is 16.5. The second-order valence-electron chi connectivity index (χ2n) is 6.73. The summed E-state index contributed by atoms with van der Waals surface area (Å²) in [5.74, 6) is 2.57. The van der Waals surface area contributed by atoms with Crippen LogP contribution in [-0.2, 0) is 11.2 Å². The number of hydrogen-bond acceptors (Lipinski definition) is 6. The van der Waals surface area contributed by atoms with E-state index in [-0.39, 0.29) is 0 Å². The predicted octanol–water partition coefficient (Wildman–Crippen LogP) is 0.356. The van der Waals surface area contributed by atoms with Gasteiger partial charge in [-0.15, -0.1) is 6.42 Å². The van der Waals surface area contributed by atoms with E-state index in [4.69, 9.17) is 16.9 Å². The SMILES string of the molecule is C#Cc1ccc(Cc2cc(C3O[C@H](CO)[C@@H](O)[C@H](O)[C@H]3O)ccc2N)cc1. The van der Waals surface area contributed by atoms with Gasteiger partial charge in [0.25, 0.3) is 0 Å². The minimum Gasteiger partial charge on any atom is -0.398 e. The molecule has 0 amide bonds. The van der Waals surface area contributed by atoms with E-state index in [0.717, 1.165) is 16.7 Å². The van der Waals surface area contributed by atoms with Crippen LogP contribution in [0.2, 0.25) is 0 Å². The molecule has 0 radical (unpaired) electrons. The van der Waals surface area contributed by atoms with Gasteiger partial charge < -0.3 is 30.9 Å². The summed E-state index contributed by atoms with van der Waals surface area (Å²) < 4.78 is 5.62. The predicted molar refractivity (Wildman–Crippen MR) is 101 cm³/mol. The summed E-state index contributed by atoms with van der Waals surface area (Å²) in [7, 11) is 0. The first kappa shape index (κ1) is 19.4. The highest BCUT2D eigenvalue weighted by Crippen LogP contribution is 2.34. The number of rotatable bonds is 4. The van der Waals surface area contributed by atoms with Crippen LogP contribution in [0, 0.1) is 12.3 Å². The number of hydrogen-bond donors (Lipinski definition) is 5. The molecule has 1 aliphatic heterocycles. The minimum atomic E-state index is -1.42. The molecule has 0 aliphatic carbocycles. The lowest BCUT2D eigenvalue weighted by Crippen LogP contribution is -2.55. The number of nitrogens with two attached hydrogens (primary N) is 1. The van der Waals surface area contributed by atoms with Gasteiger partial charge in [-0.2, -0.15) is 0 Å². The summed E-state index contributed by atoms with van der Waals surface area (Å²) in [4.78, 5) is 0. The standard InChI is InChI=1S/C21H23NO5/c1-2-12-3-5-13(6-4-12)9-15-10-14(7-8-16(15)22)21-20(26)19(25)18(24)17(11-23)27-21/h1,3-8,10,17-21,23-26H,9,11,22H2/t17-,18-,19+,20-,21?/m1/s1. The van der Waals surface area contributed by atoms with E-state index < -0.39 is 37.1 Å². The summed E-state index contributed by atoms with van der Waals surface area (Å²) in [5, 5.41) is 39.6. The highest BCUT2D eigenvalue weighted by Gasteiger charge is 2.43. The fourth-order valence-corrected chi connectivity index (χ4v) is 3.27. The van der Waals surface area contributed by atoms with Crippen molar-refractivity contribution in [2.75, 3.05) is 12.3 Å². The molecule has 2 aromatic rings. The first-order valence-corrected chi connectivity index (χ1v) is 8.69. The van der Waals surface area contributed by atoms with Gasteiger partial charge in [-0.25, -0.2) is 0 Å². The zero-order valence-electron chi connectivity index (χ0n) is 14.7. The number of anilines is 1. The Bertz CT molecular complexity index is 827. The van der Waals surface area contributed by atoms with Crippen LogP contribution in [0.4, 0.5) is 5.69 Å². The molecule has 6 heteroatoms. The Hall–Kier alpha value is -2.40. The Morgan fingerprint density at radius 2 is 1.70 bits per heavy atom. The quantitative estimate of drug-likeness (QED) is 0.392. The molecule has 1 unspecified atom stereocenters. The molecule has 6 nitrogen and oxygen atoms in total. The third kappa shape index (κ3) is 3.98. The van der Waals surface area contributed by atoms with Gasteiger partial charge in [0, 0.05) is 11.3 Å². The molecular weight excluding hydrogens is 346 g/mol. The van der Waals surface area contributed by atoms with Crippen LogP contribution in [0.1, 0.15) is 28.4 Å². The fraction of sp³-hybridized carbons (Fsp3) is 0.333. The highest BCUT2D eigenvalue weighted by molar-refractivity contribution is 5.51. The molecule has 0 aromatic heterocycles. The Kier molecular flexibility index (Phi) is 5.80. The van der Waals surface area contributed by atoms with E-state index >= 15 is 0 Å². The first-order chi connectivity index (χ1) is 12.9. The van der Waals surface area contributed by atoms with Crippen molar-refractivity contribution in [3.8, 4) is 12.3 Å². The maximum atomic E-state index is 10.3. The molecular formula is C21H23NO5. The molecule has 27 heavy (non-hydrogen) atoms. The van der Waals surface area contributed by atoms with E-state index in [1.165, 1.54) is 0 Å². The van der Waals surface area contributed by atoms with Crippen LogP contribution in [0.3, 0.4) is 0 Å². The van der Waals surface area contributed by atoms with Crippen molar-refractivity contribution in [1.82, 2.24) is 0 Å². The van der Waals surface area contributed by atoms with Crippen molar-refractivity contribution in [1.29, 1.82) is 0 Å². The van der Waals surface area contributed by atoms with Crippen molar-refractivity contribution in [2.45, 2.75) is 36.9 Å². The molecule has 1 saturated heterocycles. The van der Waals surface area contributed by atoms with Crippen molar-refractivity contribution in [2.24, 2.45) is 0 Å². The molecule has 0 bridgehead atoms. The van der Waals surface area contributed by atoms with Gasteiger partial charge >= 0.3 is 0 Å². The van der Waals surface area contributed by atoms with Gasteiger partial charge in [-0.05, 0) is 41.3 Å². The van der Waals surface area contributed by atoms with Crippen LogP contribution in [0.15, 0.2) is 42.5 Å². The lowest BCUT2D eigenvalue weighted by atomic mass is 9.89. The Morgan fingerprint density at radius 1 is 1.00 bits per heavy atom. The van der Waals surface area contributed by atoms with Crippen LogP contribution in [0.5, 0.6) is 0 Å². The van der Waals surface area contributed by atoms with E-state index in [0.29, 0.717) is 17.7 Å². The third-order valence-electron chi connectivity index (χ3n) is 4.90. The fourth-order valence-electron chi connectivity index (χ4n) is 3.27. The average molecular weight is 369 g/mol. The summed E-state index contributed by atoms with van der Waals surface area (Å²) in [6.45, 7) is -0.467. The van der Waals surface area contributed by atoms with Crippen LogP contribution in [-0.4, -0.2) is 51.4 Å². The molecule has 0 saturated carbocycles. The van der Waals surface area contributed by atoms with Gasteiger partial charge in [-0.3, -0.25) is 0 Å². The molecule has 6 N–H and O–H groups in total. The molecule has 1 heterocycles. The number of terminal acetylenes is 1. The van der Waals surface area contributed by atoms with Crippen molar-refractivity contribution in [3.05, 3.63) is 64.7 Å². The van der Waals surface area contributed by atoms with E-state index in [9.17, 15) is 20.4 Å². The Labute approximate surface area is 157 Å². The summed E-state index contributed by atoms with van der Waals surface area (Å²) in [5.41, 5.74) is 9.94. The number of ether oxygens (including phenoxy) is 1. The van der Waals surface area contributed by atoms with E-state index in [2.05, 4.69) is 5.92 Å². The van der Waals surface area contributed by atoms with Crippen molar-refractivity contribution >= 4 is 5.69 Å². The largest absolute Gasteiger partial charge is 0.398 e. The summed E-state index contributed by atoms with van der Waals surface area (Å²) in [6, 6.07) is 12.8. The van der Waals surface area contributed by atoms with E-state index in [1.807, 2.05) is 24.3 Å². The molecule has 5 atom stereocenters. The Balaban J connectivity index is 1.86. The second kappa shape index (κ2) is 8.09. The number of aliphatic hydroxyl groups excluding tert-OH is 4. The van der Waals surface area contributed by atoms with Gasteiger partial charge in [0.15, 0.2) is 0 Å². The number of benzene rings is 2. The van der Waals surface area contributed by atoms with Crippen molar-refractivity contribution in [3.63, 3.8) is 0 Å². The third-order valence-corrected chi connectivity index (χ3v) is 4.90. The van der Waals surface area contributed by atoms with Gasteiger partial charge in [0.1, 0.15) is 30.5 Å². The lowest BCUT2D eigenvalue weighted by molar-refractivity contribution is -0.231. The maximum Gasteiger partial charge on any atom is 0.113 e. The molecule has 1 aliphatic rings. The molecule has 142 valence electrons. The summed E-state index contributed by atoms with van der Waals surface area (Å²) >= 11 is 0. The first-order valence-electron chi connectivity index (χ1n) is 8.69. The number of aliphatic hydroxyl groups is 4. The topological polar surface area (TPSA) is 116 Å². The van der Waals surface area contributed by atoms with Crippen LogP contribution >= 0.6 is 0 Å². The van der Waals surface area contributed by atoms with Gasteiger partial charge in [0.2, 0.25) is 0 Å². The minimum absolute atomic E-state index is 0.467. The van der Waals surface area contributed by atoms with Gasteiger partial charge in [-0.1, -0.05) is 30.2 Å². The zero-order chi connectivity index (χ0) is 19.6. The zero-order valence-corrected chi connectivity index (χ0v) is 14.7. The average Bonchev–Trinajstić information content (AvgIpc) is 2.69. The molecule has 0 spiro atoms. The van der Waals surface area contributed by atoms with Crippen molar-refractivity contribution < 1.29 is 25.2 Å². The monoisotopic (exact) mass is 369 g/mol. The second-order valence-corrected chi connectivity index (χ2v) is 6.73. The Morgan fingerprint density at radius 3 is 2.33 bits per heavy atom. The molecule has 1 fully saturated rings. The molecule has 3 rings (SSSR count). The normalized spacial score (nSPS) is 27.9. The van der Waals surface area contributed by atoms with Crippen LogP contribution in [0.25, 0.3) is 0 Å². The molecule has 2 aromatic carbocycles. The van der Waals surface area contributed by atoms with Gasteiger partial charge in [0.05, 0.1) is 6.61 Å². The summed E-state index contributed by atoms with van der Waals surface area (Å²) in [6.07, 6.45) is -0.0371. The smallest absolute Gasteiger partial charge is 0.113 e. The lowest BCUT2D eigenvalue weighted by Gasteiger charge is -2.40. The maximum absolute atomic E-state index is 10.3. The van der Waals surface area contributed by atoms with E-state index in [1.54, 1.807) is 18.2 Å².